The number of benzene rings is 1. The van der Waals surface area contributed by atoms with Crippen LogP contribution in [0.25, 0.3) is 0 Å². The highest BCUT2D eigenvalue weighted by Crippen LogP contribution is 2.39. The van der Waals surface area contributed by atoms with Gasteiger partial charge in [-0.05, 0) is 87.2 Å². The fourth-order valence-electron chi connectivity index (χ4n) is 5.73. The summed E-state index contributed by atoms with van der Waals surface area (Å²) in [6, 6.07) is 1.70. The number of nitrogens with zero attached hydrogens (tertiary/aromatic N) is 2. The van der Waals surface area contributed by atoms with Gasteiger partial charge in [-0.15, -0.1) is 4.36 Å². The van der Waals surface area contributed by atoms with Gasteiger partial charge in [0.2, 0.25) is 5.91 Å². The second-order valence-corrected chi connectivity index (χ2v) is 10.9. The summed E-state index contributed by atoms with van der Waals surface area (Å²) in [5.41, 5.74) is 5.51. The van der Waals surface area contributed by atoms with Crippen LogP contribution in [0.15, 0.2) is 10.4 Å². The molecule has 2 heterocycles. The van der Waals surface area contributed by atoms with E-state index >= 15 is 0 Å². The van der Waals surface area contributed by atoms with Crippen molar-refractivity contribution in [3.05, 3.63) is 28.3 Å². The van der Waals surface area contributed by atoms with Crippen LogP contribution in [0.2, 0.25) is 0 Å². The second kappa shape index (κ2) is 6.80. The first-order chi connectivity index (χ1) is 13.9. The van der Waals surface area contributed by atoms with E-state index in [0.717, 1.165) is 63.6 Å². The van der Waals surface area contributed by atoms with Gasteiger partial charge in [0.15, 0.2) is 0 Å². The number of likely N-dealkylation sites (tertiary alicyclic amines) is 1. The molecular weight excluding hydrogens is 388 g/mol. The molecule has 0 saturated carbocycles. The molecule has 0 bridgehead atoms. The summed E-state index contributed by atoms with van der Waals surface area (Å²) in [5.74, 6) is -0.0752. The summed E-state index contributed by atoms with van der Waals surface area (Å²) in [4.78, 5) is 27.3. The predicted molar refractivity (Wildman–Crippen MR) is 112 cm³/mol. The summed E-state index contributed by atoms with van der Waals surface area (Å²) in [6.45, 7) is 0.872. The van der Waals surface area contributed by atoms with Crippen LogP contribution >= 0.6 is 0 Å². The van der Waals surface area contributed by atoms with Crippen molar-refractivity contribution in [2.75, 3.05) is 24.7 Å². The van der Waals surface area contributed by atoms with Crippen molar-refractivity contribution in [1.29, 1.82) is 0 Å². The molecule has 1 spiro atoms. The van der Waals surface area contributed by atoms with Crippen molar-refractivity contribution >= 4 is 27.5 Å². The molecule has 2 saturated heterocycles. The summed E-state index contributed by atoms with van der Waals surface area (Å²) in [6.07, 6.45) is 8.29. The number of hydrogen-bond donors (Lipinski definition) is 2. The van der Waals surface area contributed by atoms with Gasteiger partial charge in [0.1, 0.15) is 9.92 Å². The first kappa shape index (κ1) is 19.1. The third-order valence-corrected chi connectivity index (χ3v) is 9.04. The number of carbonyl (C=O) groups excluding carboxylic acids is 2. The molecule has 0 aromatic heterocycles. The van der Waals surface area contributed by atoms with E-state index in [1.807, 2.05) is 7.05 Å². The molecule has 29 heavy (non-hydrogen) atoms. The zero-order valence-electron chi connectivity index (χ0n) is 16.9. The van der Waals surface area contributed by atoms with E-state index in [9.17, 15) is 13.8 Å². The van der Waals surface area contributed by atoms with E-state index in [4.69, 9.17) is 0 Å². The normalized spacial score (nSPS) is 30.9. The van der Waals surface area contributed by atoms with Crippen LogP contribution in [0.3, 0.4) is 0 Å². The molecule has 1 aromatic carbocycles. The maximum atomic E-state index is 13.4. The highest BCUT2D eigenvalue weighted by molar-refractivity contribution is 7.92. The molecule has 2 aliphatic carbocycles. The molecule has 156 valence electrons. The van der Waals surface area contributed by atoms with Gasteiger partial charge in [0.25, 0.3) is 0 Å². The maximum Gasteiger partial charge on any atom is 0.354 e. The third-order valence-electron chi connectivity index (χ3n) is 7.11. The van der Waals surface area contributed by atoms with Crippen LogP contribution in [0.4, 0.5) is 10.5 Å². The Balaban J connectivity index is 1.46. The Morgan fingerprint density at radius 2 is 1.86 bits per heavy atom. The lowest BCUT2D eigenvalue weighted by Crippen LogP contribution is -2.57. The van der Waals surface area contributed by atoms with Crippen molar-refractivity contribution in [2.45, 2.75) is 63.3 Å². The molecule has 1 aromatic rings. The van der Waals surface area contributed by atoms with E-state index in [-0.39, 0.29) is 11.7 Å². The molecule has 7 nitrogen and oxygen atoms in total. The molecule has 4 aliphatic rings. The maximum absolute atomic E-state index is 13.4. The van der Waals surface area contributed by atoms with Crippen molar-refractivity contribution in [3.63, 3.8) is 0 Å². The zero-order chi connectivity index (χ0) is 20.2. The van der Waals surface area contributed by atoms with Gasteiger partial charge in [0.05, 0.1) is 5.75 Å². The Bertz CT molecular complexity index is 995. The first-order valence-corrected chi connectivity index (χ1v) is 12.3. The predicted octanol–water partition coefficient (Wildman–Crippen LogP) is 2.56. The molecule has 8 heteroatoms. The number of aryl methyl sites for hydroxylation is 2. The van der Waals surface area contributed by atoms with Crippen molar-refractivity contribution in [3.8, 4) is 0 Å². The SMILES string of the molecule is CN1CCCC12CC(=O)NS(=O)(=NC(=O)Nc1c3c(cc4c1CCC4)CCC3)C2. The van der Waals surface area contributed by atoms with Crippen molar-refractivity contribution in [1.82, 2.24) is 9.62 Å². The van der Waals surface area contributed by atoms with Crippen molar-refractivity contribution in [2.24, 2.45) is 4.36 Å². The van der Waals surface area contributed by atoms with Crippen LogP contribution in [0, 0.1) is 0 Å². The van der Waals surface area contributed by atoms with Gasteiger partial charge >= 0.3 is 6.03 Å². The van der Waals surface area contributed by atoms with Crippen LogP contribution in [-0.4, -0.2) is 45.9 Å². The summed E-state index contributed by atoms with van der Waals surface area (Å²) < 4.78 is 20.0. The van der Waals surface area contributed by atoms with Gasteiger partial charge in [-0.1, -0.05) is 6.07 Å². The number of nitrogens with one attached hydrogen (secondary N) is 2. The van der Waals surface area contributed by atoms with E-state index in [1.165, 1.54) is 22.3 Å². The van der Waals surface area contributed by atoms with Crippen LogP contribution < -0.4 is 10.0 Å². The topological polar surface area (TPSA) is 90.9 Å². The smallest absolute Gasteiger partial charge is 0.305 e. The standard InChI is InChI=1S/C21H28N4O3S/c1-25-10-4-9-21(25)12-18(26)23-29(28,13-21)24-20(27)22-19-16-7-2-5-14(16)11-15-6-3-8-17(15)19/h11H,2-10,12-13H2,1H3,(H2,22,23,24,26,27,28). The molecule has 3 amide bonds. The largest absolute Gasteiger partial charge is 0.354 e. The molecule has 2 atom stereocenters. The Labute approximate surface area is 171 Å². The second-order valence-electron chi connectivity index (χ2n) is 8.99. The van der Waals surface area contributed by atoms with Crippen molar-refractivity contribution < 1.29 is 13.8 Å². The zero-order valence-corrected chi connectivity index (χ0v) is 17.7. The molecule has 5 rings (SSSR count). The minimum Gasteiger partial charge on any atom is -0.305 e. The van der Waals surface area contributed by atoms with Gasteiger partial charge < -0.3 is 5.32 Å². The molecule has 0 radical (unpaired) electrons. The Morgan fingerprint density at radius 3 is 2.48 bits per heavy atom. The number of carbonyl (C=O) groups is 2. The van der Waals surface area contributed by atoms with Crippen LogP contribution in [-0.2, 0) is 40.4 Å². The fourth-order valence-corrected chi connectivity index (χ4v) is 7.85. The first-order valence-electron chi connectivity index (χ1n) is 10.6. The van der Waals surface area contributed by atoms with Gasteiger partial charge in [-0.2, -0.15) is 0 Å². The number of urea groups is 1. The third kappa shape index (κ3) is 3.26. The molecule has 2 N–H and O–H groups in total. The molecule has 2 unspecified atom stereocenters. The van der Waals surface area contributed by atoms with E-state index in [1.54, 1.807) is 0 Å². The Hall–Kier alpha value is -1.93. The summed E-state index contributed by atoms with van der Waals surface area (Å²) >= 11 is 0. The van der Waals surface area contributed by atoms with E-state index in [2.05, 4.69) is 25.4 Å². The molecule has 2 fully saturated rings. The monoisotopic (exact) mass is 416 g/mol. The fraction of sp³-hybridized carbons (Fsp3) is 0.619. The van der Waals surface area contributed by atoms with Crippen LogP contribution in [0.5, 0.6) is 0 Å². The van der Waals surface area contributed by atoms with Gasteiger partial charge in [-0.25, -0.2) is 9.00 Å². The summed E-state index contributed by atoms with van der Waals surface area (Å²) in [7, 11) is -1.18. The minimum atomic E-state index is -3.14. The highest BCUT2D eigenvalue weighted by atomic mass is 32.2. The number of anilines is 1. The number of rotatable bonds is 1. The number of hydrogen-bond acceptors (Lipinski definition) is 4. The average Bonchev–Trinajstić information content (AvgIpc) is 3.35. The quantitative estimate of drug-likeness (QED) is 0.736. The highest BCUT2D eigenvalue weighted by Gasteiger charge is 2.47. The van der Waals surface area contributed by atoms with Crippen LogP contribution in [0.1, 0.15) is 54.4 Å². The molecular formula is C21H28N4O3S. The Morgan fingerprint density at radius 1 is 1.17 bits per heavy atom. The van der Waals surface area contributed by atoms with Gasteiger partial charge in [-0.3, -0.25) is 14.4 Å². The van der Waals surface area contributed by atoms with E-state index in [0.29, 0.717) is 6.42 Å². The minimum absolute atomic E-state index is 0.209. The lowest BCUT2D eigenvalue weighted by Gasteiger charge is -2.39. The van der Waals surface area contributed by atoms with E-state index < -0.39 is 21.5 Å². The number of amides is 3. The lowest BCUT2D eigenvalue weighted by molar-refractivity contribution is -0.122. The lowest BCUT2D eigenvalue weighted by atomic mass is 9.94. The van der Waals surface area contributed by atoms with Gasteiger partial charge in [0, 0.05) is 17.6 Å². The Kier molecular flexibility index (Phi) is 4.47. The number of fused-ring (bicyclic) bond motifs is 2. The average molecular weight is 417 g/mol. The summed E-state index contributed by atoms with van der Waals surface area (Å²) in [5, 5.41) is 2.97. The molecule has 2 aliphatic heterocycles.